The molecule has 0 spiro atoms. The largest absolute Gasteiger partial charge is 0.349 e. The van der Waals surface area contributed by atoms with Gasteiger partial charge in [-0.1, -0.05) is 6.92 Å². The topological polar surface area (TPSA) is 72.7 Å². The van der Waals surface area contributed by atoms with E-state index in [0.717, 1.165) is 18.5 Å². The van der Waals surface area contributed by atoms with Crippen LogP contribution in [0.15, 0.2) is 17.8 Å². The molecule has 6 nitrogen and oxygen atoms in total. The zero-order valence-corrected chi connectivity index (χ0v) is 11.4. The Labute approximate surface area is 114 Å². The summed E-state index contributed by atoms with van der Waals surface area (Å²) < 4.78 is 1.52. The highest BCUT2D eigenvalue weighted by molar-refractivity contribution is 7.12. The van der Waals surface area contributed by atoms with Crippen molar-refractivity contribution in [3.05, 3.63) is 22.7 Å². The van der Waals surface area contributed by atoms with Crippen LogP contribution in [-0.2, 0) is 0 Å². The van der Waals surface area contributed by atoms with E-state index in [1.165, 1.54) is 28.8 Å². The number of carbonyl (C=O) groups is 1. The summed E-state index contributed by atoms with van der Waals surface area (Å²) in [4.78, 5) is 13.0. The summed E-state index contributed by atoms with van der Waals surface area (Å²) in [5.41, 5.74) is 0.735. The lowest BCUT2D eigenvalue weighted by Crippen LogP contribution is -2.32. The molecule has 2 aromatic rings. The summed E-state index contributed by atoms with van der Waals surface area (Å²) in [6, 6.07) is 2.15. The van der Waals surface area contributed by atoms with Crippen LogP contribution in [0.1, 0.15) is 35.9 Å². The van der Waals surface area contributed by atoms with Crippen molar-refractivity contribution >= 4 is 17.2 Å². The fraction of sp³-hybridized carbons (Fsp3) is 0.500. The number of rotatable bonds is 3. The van der Waals surface area contributed by atoms with Crippen molar-refractivity contribution in [3.8, 4) is 5.69 Å². The average molecular weight is 277 g/mol. The molecule has 1 fully saturated rings. The number of amides is 1. The standard InChI is InChI=1S/C12H15N5OS/c1-8-2-3-9(6-8)14-12(18)11-10(4-5-19-11)17-7-13-15-16-17/h4-5,7-9H,2-3,6H2,1H3,(H,14,18). The first kappa shape index (κ1) is 12.3. The maximum Gasteiger partial charge on any atom is 0.263 e. The van der Waals surface area contributed by atoms with Gasteiger partial charge in [0.15, 0.2) is 0 Å². The molecule has 1 aliphatic carbocycles. The smallest absolute Gasteiger partial charge is 0.263 e. The van der Waals surface area contributed by atoms with E-state index in [4.69, 9.17) is 0 Å². The fourth-order valence-electron chi connectivity index (χ4n) is 2.51. The van der Waals surface area contributed by atoms with Crippen molar-refractivity contribution in [1.29, 1.82) is 0 Å². The minimum Gasteiger partial charge on any atom is -0.349 e. The minimum atomic E-state index is -0.0281. The van der Waals surface area contributed by atoms with Gasteiger partial charge >= 0.3 is 0 Å². The Morgan fingerprint density at radius 2 is 2.42 bits per heavy atom. The molecule has 2 unspecified atom stereocenters. The first-order valence-corrected chi connectivity index (χ1v) is 7.23. The van der Waals surface area contributed by atoms with Gasteiger partial charge < -0.3 is 5.32 Å². The molecule has 1 aliphatic rings. The van der Waals surface area contributed by atoms with Gasteiger partial charge in [-0.25, -0.2) is 0 Å². The molecule has 1 saturated carbocycles. The predicted molar refractivity (Wildman–Crippen MR) is 71.3 cm³/mol. The van der Waals surface area contributed by atoms with E-state index in [1.54, 1.807) is 0 Å². The summed E-state index contributed by atoms with van der Waals surface area (Å²) in [5, 5.41) is 16.0. The summed E-state index contributed by atoms with van der Waals surface area (Å²) in [7, 11) is 0. The lowest BCUT2D eigenvalue weighted by molar-refractivity contribution is 0.0941. The zero-order valence-electron chi connectivity index (χ0n) is 10.6. The van der Waals surface area contributed by atoms with Crippen molar-refractivity contribution in [2.45, 2.75) is 32.2 Å². The molecule has 1 amide bonds. The SMILES string of the molecule is CC1CCC(NC(=O)c2sccc2-n2cnnn2)C1. The molecular formula is C12H15N5OS. The highest BCUT2D eigenvalue weighted by atomic mass is 32.1. The number of hydrogen-bond acceptors (Lipinski definition) is 5. The van der Waals surface area contributed by atoms with Gasteiger partial charge in [0.2, 0.25) is 0 Å². The van der Waals surface area contributed by atoms with Crippen LogP contribution in [0.4, 0.5) is 0 Å². The molecule has 2 atom stereocenters. The lowest BCUT2D eigenvalue weighted by Gasteiger charge is -2.12. The molecule has 3 rings (SSSR count). The van der Waals surface area contributed by atoms with Crippen molar-refractivity contribution in [3.63, 3.8) is 0 Å². The molecule has 19 heavy (non-hydrogen) atoms. The maximum atomic E-state index is 12.3. The Kier molecular flexibility index (Phi) is 3.29. The number of nitrogens with one attached hydrogen (secondary N) is 1. The van der Waals surface area contributed by atoms with Crippen molar-refractivity contribution in [2.75, 3.05) is 0 Å². The van der Waals surface area contributed by atoms with Gasteiger partial charge in [0.1, 0.15) is 11.2 Å². The van der Waals surface area contributed by atoms with Crippen molar-refractivity contribution in [1.82, 2.24) is 25.5 Å². The van der Waals surface area contributed by atoms with E-state index in [-0.39, 0.29) is 5.91 Å². The number of carbonyl (C=O) groups excluding carboxylic acids is 1. The van der Waals surface area contributed by atoms with E-state index >= 15 is 0 Å². The molecule has 0 radical (unpaired) electrons. The van der Waals surface area contributed by atoms with Crippen LogP contribution >= 0.6 is 11.3 Å². The van der Waals surface area contributed by atoms with Crippen LogP contribution in [0.25, 0.3) is 5.69 Å². The van der Waals surface area contributed by atoms with E-state index in [2.05, 4.69) is 27.8 Å². The molecule has 7 heteroatoms. The van der Waals surface area contributed by atoms with E-state index in [1.807, 2.05) is 11.4 Å². The van der Waals surface area contributed by atoms with Crippen LogP contribution in [0.2, 0.25) is 0 Å². The Morgan fingerprint density at radius 3 is 3.11 bits per heavy atom. The summed E-state index contributed by atoms with van der Waals surface area (Å²) in [6.07, 6.45) is 4.82. The molecular weight excluding hydrogens is 262 g/mol. The minimum absolute atomic E-state index is 0.0281. The van der Waals surface area contributed by atoms with Gasteiger partial charge in [0.25, 0.3) is 5.91 Å². The molecule has 0 bridgehead atoms. The van der Waals surface area contributed by atoms with E-state index < -0.39 is 0 Å². The van der Waals surface area contributed by atoms with Gasteiger partial charge in [-0.2, -0.15) is 4.68 Å². The molecule has 100 valence electrons. The normalized spacial score (nSPS) is 22.6. The Hall–Kier alpha value is -1.76. The second kappa shape index (κ2) is 5.08. The molecule has 0 aliphatic heterocycles. The quantitative estimate of drug-likeness (QED) is 0.925. The van der Waals surface area contributed by atoms with Crippen LogP contribution in [-0.4, -0.2) is 32.2 Å². The second-order valence-corrected chi connectivity index (χ2v) is 5.89. The number of aromatic nitrogens is 4. The lowest BCUT2D eigenvalue weighted by atomic mass is 10.1. The van der Waals surface area contributed by atoms with Crippen LogP contribution in [0, 0.1) is 5.92 Å². The second-order valence-electron chi connectivity index (χ2n) is 4.98. The van der Waals surface area contributed by atoms with Gasteiger partial charge in [-0.3, -0.25) is 4.79 Å². The monoisotopic (exact) mass is 277 g/mol. The maximum absolute atomic E-state index is 12.3. The summed E-state index contributed by atoms with van der Waals surface area (Å²) in [6.45, 7) is 2.23. The third-order valence-electron chi connectivity index (χ3n) is 3.48. The summed E-state index contributed by atoms with van der Waals surface area (Å²) >= 11 is 1.41. The number of tetrazole rings is 1. The Morgan fingerprint density at radius 1 is 1.53 bits per heavy atom. The van der Waals surface area contributed by atoms with Crippen LogP contribution in [0.3, 0.4) is 0 Å². The zero-order chi connectivity index (χ0) is 13.2. The fourth-order valence-corrected chi connectivity index (χ4v) is 3.29. The number of hydrogen-bond donors (Lipinski definition) is 1. The Balaban J connectivity index is 1.76. The van der Waals surface area contributed by atoms with Gasteiger partial charge in [-0.05, 0) is 47.1 Å². The number of thiophene rings is 1. The predicted octanol–water partition coefficient (Wildman–Crippen LogP) is 1.64. The van der Waals surface area contributed by atoms with Gasteiger partial charge in [-0.15, -0.1) is 16.4 Å². The Bertz CT molecular complexity index is 564. The van der Waals surface area contributed by atoms with Crippen LogP contribution < -0.4 is 5.32 Å². The molecule has 0 saturated heterocycles. The van der Waals surface area contributed by atoms with E-state index in [9.17, 15) is 4.79 Å². The van der Waals surface area contributed by atoms with Crippen LogP contribution in [0.5, 0.6) is 0 Å². The highest BCUT2D eigenvalue weighted by Crippen LogP contribution is 2.26. The molecule has 0 aromatic carbocycles. The van der Waals surface area contributed by atoms with Crippen molar-refractivity contribution in [2.24, 2.45) is 5.92 Å². The first-order chi connectivity index (χ1) is 9.24. The van der Waals surface area contributed by atoms with Gasteiger partial charge in [0, 0.05) is 6.04 Å². The van der Waals surface area contributed by atoms with Gasteiger partial charge in [0.05, 0.1) is 5.69 Å². The average Bonchev–Trinajstić information content (AvgIpc) is 3.07. The molecule has 2 aromatic heterocycles. The number of nitrogens with zero attached hydrogens (tertiary/aromatic N) is 4. The third-order valence-corrected chi connectivity index (χ3v) is 4.38. The molecule has 1 N–H and O–H groups in total. The highest BCUT2D eigenvalue weighted by Gasteiger charge is 2.24. The van der Waals surface area contributed by atoms with E-state index in [0.29, 0.717) is 16.8 Å². The molecule has 2 heterocycles. The third kappa shape index (κ3) is 2.51. The summed E-state index contributed by atoms with van der Waals surface area (Å²) in [5.74, 6) is 0.673. The first-order valence-electron chi connectivity index (χ1n) is 6.35. The van der Waals surface area contributed by atoms with Crippen molar-refractivity contribution < 1.29 is 4.79 Å².